The van der Waals surface area contributed by atoms with Crippen LogP contribution in [0.3, 0.4) is 0 Å². The second-order valence-corrected chi connectivity index (χ2v) is 4.70. The normalized spacial score (nSPS) is 12.8. The van der Waals surface area contributed by atoms with Gasteiger partial charge in [-0.1, -0.05) is 41.7 Å². The van der Waals surface area contributed by atoms with Crippen molar-refractivity contribution >= 4 is 34.8 Å². The van der Waals surface area contributed by atoms with Crippen molar-refractivity contribution in [2.24, 2.45) is 5.73 Å². The maximum atomic E-state index is 6.02. The van der Waals surface area contributed by atoms with Crippen molar-refractivity contribution in [3.05, 3.63) is 32.8 Å². The Morgan fingerprint density at radius 1 is 1.25 bits per heavy atom. The van der Waals surface area contributed by atoms with E-state index in [4.69, 9.17) is 45.3 Å². The van der Waals surface area contributed by atoms with E-state index >= 15 is 0 Å². The average Bonchev–Trinajstić information content (AvgIpc) is 2.28. The zero-order valence-electron chi connectivity index (χ0n) is 8.97. The lowest BCUT2D eigenvalue weighted by Crippen LogP contribution is -2.24. The summed E-state index contributed by atoms with van der Waals surface area (Å²) < 4.78 is 5.44. The average molecular weight is 283 g/mol. The Kier molecular flexibility index (Phi) is 5.87. The highest BCUT2D eigenvalue weighted by molar-refractivity contribution is 6.44. The molecule has 0 fully saturated rings. The van der Waals surface area contributed by atoms with Gasteiger partial charge in [0.25, 0.3) is 0 Å². The van der Waals surface area contributed by atoms with Crippen LogP contribution in [0.15, 0.2) is 12.1 Å². The minimum absolute atomic E-state index is 0.0386. The lowest BCUT2D eigenvalue weighted by atomic mass is 10.2. The fraction of sp³-hybridized carbons (Fsp3) is 0.455. The molecule has 2 N–H and O–H groups in total. The summed E-state index contributed by atoms with van der Waals surface area (Å²) in [5, 5.41) is 1.48. The molecule has 0 saturated carbocycles. The van der Waals surface area contributed by atoms with Gasteiger partial charge in [-0.3, -0.25) is 0 Å². The molecule has 1 unspecified atom stereocenters. The monoisotopic (exact) mass is 281 g/mol. The molecule has 0 saturated heterocycles. The van der Waals surface area contributed by atoms with Crippen LogP contribution in [-0.4, -0.2) is 12.6 Å². The summed E-state index contributed by atoms with van der Waals surface area (Å²) in [5.41, 5.74) is 6.43. The standard InChI is InChI=1S/C11H14Cl3NO/c1-2-7(15)5-16-6-8-9(12)3-4-10(13)11(8)14/h3-4,7H,2,5-6,15H2,1H3. The molecule has 2 nitrogen and oxygen atoms in total. The molecule has 16 heavy (non-hydrogen) atoms. The van der Waals surface area contributed by atoms with E-state index in [1.54, 1.807) is 12.1 Å². The third-order valence-electron chi connectivity index (χ3n) is 2.24. The van der Waals surface area contributed by atoms with Crippen LogP contribution < -0.4 is 5.73 Å². The minimum Gasteiger partial charge on any atom is -0.375 e. The number of nitrogens with two attached hydrogens (primary N) is 1. The van der Waals surface area contributed by atoms with Crippen molar-refractivity contribution in [3.8, 4) is 0 Å². The van der Waals surface area contributed by atoms with Crippen LogP contribution in [-0.2, 0) is 11.3 Å². The van der Waals surface area contributed by atoms with Gasteiger partial charge in [0.1, 0.15) is 0 Å². The molecule has 1 atom stereocenters. The first-order chi connectivity index (χ1) is 7.56. The molecule has 0 spiro atoms. The van der Waals surface area contributed by atoms with Crippen molar-refractivity contribution in [2.45, 2.75) is 26.0 Å². The molecule has 0 amide bonds. The predicted molar refractivity (Wildman–Crippen MR) is 69.4 cm³/mol. The Balaban J connectivity index is 2.63. The van der Waals surface area contributed by atoms with Gasteiger partial charge in [-0.2, -0.15) is 0 Å². The third kappa shape index (κ3) is 3.79. The van der Waals surface area contributed by atoms with Gasteiger partial charge in [-0.25, -0.2) is 0 Å². The molecule has 0 aliphatic carbocycles. The summed E-state index contributed by atoms with van der Waals surface area (Å²) in [6.07, 6.45) is 0.872. The zero-order chi connectivity index (χ0) is 12.1. The Morgan fingerprint density at radius 2 is 1.88 bits per heavy atom. The van der Waals surface area contributed by atoms with Crippen LogP contribution >= 0.6 is 34.8 Å². The molecule has 0 radical (unpaired) electrons. The summed E-state index contributed by atoms with van der Waals surface area (Å²) in [7, 11) is 0. The van der Waals surface area contributed by atoms with Gasteiger partial charge >= 0.3 is 0 Å². The highest BCUT2D eigenvalue weighted by atomic mass is 35.5. The molecule has 0 bridgehead atoms. The summed E-state index contributed by atoms with van der Waals surface area (Å²) in [4.78, 5) is 0. The van der Waals surface area contributed by atoms with E-state index in [2.05, 4.69) is 0 Å². The van der Waals surface area contributed by atoms with Gasteiger partial charge < -0.3 is 10.5 Å². The highest BCUT2D eigenvalue weighted by Crippen LogP contribution is 2.31. The lowest BCUT2D eigenvalue weighted by molar-refractivity contribution is 0.107. The van der Waals surface area contributed by atoms with Crippen LogP contribution in [0.5, 0.6) is 0 Å². The van der Waals surface area contributed by atoms with Crippen LogP contribution in [0.1, 0.15) is 18.9 Å². The first kappa shape index (κ1) is 14.1. The summed E-state index contributed by atoms with van der Waals surface area (Å²) in [6, 6.07) is 3.40. The number of ether oxygens (including phenoxy) is 1. The van der Waals surface area contributed by atoms with E-state index in [1.807, 2.05) is 6.92 Å². The topological polar surface area (TPSA) is 35.2 Å². The van der Waals surface area contributed by atoms with Gasteiger partial charge in [0, 0.05) is 16.6 Å². The van der Waals surface area contributed by atoms with Crippen molar-refractivity contribution in [2.75, 3.05) is 6.61 Å². The molecule has 1 aromatic rings. The van der Waals surface area contributed by atoms with Crippen molar-refractivity contribution in [1.82, 2.24) is 0 Å². The van der Waals surface area contributed by atoms with E-state index in [9.17, 15) is 0 Å². The minimum atomic E-state index is 0.0386. The predicted octanol–water partition coefficient (Wildman–Crippen LogP) is 3.90. The Morgan fingerprint density at radius 3 is 2.50 bits per heavy atom. The van der Waals surface area contributed by atoms with E-state index in [0.717, 1.165) is 6.42 Å². The molecule has 1 rings (SSSR count). The zero-order valence-corrected chi connectivity index (χ0v) is 11.2. The van der Waals surface area contributed by atoms with Crippen LogP contribution in [0, 0.1) is 0 Å². The maximum absolute atomic E-state index is 6.02. The molecular formula is C11H14Cl3NO. The number of halogens is 3. The summed E-state index contributed by atoms with van der Waals surface area (Å²) in [6.45, 7) is 2.81. The van der Waals surface area contributed by atoms with E-state index in [-0.39, 0.29) is 6.04 Å². The maximum Gasteiger partial charge on any atom is 0.0747 e. The first-order valence-electron chi connectivity index (χ1n) is 5.02. The Bertz CT molecular complexity index is 357. The van der Waals surface area contributed by atoms with Gasteiger partial charge in [-0.15, -0.1) is 0 Å². The molecule has 1 aromatic carbocycles. The van der Waals surface area contributed by atoms with Crippen molar-refractivity contribution in [1.29, 1.82) is 0 Å². The Labute approximate surface area is 111 Å². The summed E-state index contributed by atoms with van der Waals surface area (Å²) >= 11 is 17.9. The van der Waals surface area contributed by atoms with E-state index in [1.165, 1.54) is 0 Å². The van der Waals surface area contributed by atoms with Gasteiger partial charge in [0.05, 0.1) is 23.3 Å². The molecule has 5 heteroatoms. The molecule has 0 aliphatic heterocycles. The number of hydrogen-bond acceptors (Lipinski definition) is 2. The molecule has 0 heterocycles. The second-order valence-electron chi connectivity index (χ2n) is 3.51. The molecule has 90 valence electrons. The molecular weight excluding hydrogens is 268 g/mol. The van der Waals surface area contributed by atoms with Crippen molar-refractivity contribution < 1.29 is 4.74 Å². The molecule has 0 aliphatic rings. The SMILES string of the molecule is CCC(N)COCc1c(Cl)ccc(Cl)c1Cl. The van der Waals surface area contributed by atoms with Crippen LogP contribution in [0.4, 0.5) is 0 Å². The van der Waals surface area contributed by atoms with Crippen LogP contribution in [0.25, 0.3) is 0 Å². The molecule has 0 aromatic heterocycles. The van der Waals surface area contributed by atoms with E-state index < -0.39 is 0 Å². The quantitative estimate of drug-likeness (QED) is 0.831. The number of rotatable bonds is 5. The highest BCUT2D eigenvalue weighted by Gasteiger charge is 2.10. The van der Waals surface area contributed by atoms with E-state index in [0.29, 0.717) is 33.8 Å². The summed E-state index contributed by atoms with van der Waals surface area (Å²) in [5.74, 6) is 0. The smallest absolute Gasteiger partial charge is 0.0747 e. The van der Waals surface area contributed by atoms with Gasteiger partial charge in [0.2, 0.25) is 0 Å². The van der Waals surface area contributed by atoms with Gasteiger partial charge in [0.15, 0.2) is 0 Å². The van der Waals surface area contributed by atoms with Crippen molar-refractivity contribution in [3.63, 3.8) is 0 Å². The lowest BCUT2D eigenvalue weighted by Gasteiger charge is -2.12. The Hall–Kier alpha value is 0.01000. The largest absolute Gasteiger partial charge is 0.375 e. The van der Waals surface area contributed by atoms with Gasteiger partial charge in [-0.05, 0) is 18.6 Å². The second kappa shape index (κ2) is 6.67. The first-order valence-corrected chi connectivity index (χ1v) is 6.15. The van der Waals surface area contributed by atoms with Crippen LogP contribution in [0.2, 0.25) is 15.1 Å². The number of hydrogen-bond donors (Lipinski definition) is 1. The fourth-order valence-electron chi connectivity index (χ4n) is 1.13. The fourth-order valence-corrected chi connectivity index (χ4v) is 1.79. The number of benzene rings is 1. The third-order valence-corrected chi connectivity index (χ3v) is 3.44.